The lowest BCUT2D eigenvalue weighted by atomic mass is 9.96. The standard InChI is InChI=1S/C90H54N8/c1-93-73-30-16-28-71(49-73)77-42-40-75(98-86-45-37-68(62-22-10-4-11-23-62)52-80(86)81-53-69(38-46-87(81)98)63-24-12-5-13-25-63)55-83(77)90-95-88(72-29-15-26-65(48-72)64-33-31-58(56-91)32-34-64)94-89(96-90)82-54-74(39-41-76(82)70-27-14-17-59(47-70)57-92)97-84-43-35-66(60-18-6-2-7-19-60)50-78(84)79-51-67(36-44-85(79)97)61-20-8-3-9-21-61/h2-55H. The first kappa shape index (κ1) is 58.0. The number of aromatic nitrogens is 5. The van der Waals surface area contributed by atoms with Crippen LogP contribution in [-0.4, -0.2) is 24.1 Å². The molecule has 0 aliphatic carbocycles. The Morgan fingerprint density at radius 1 is 0.255 bits per heavy atom. The number of rotatable bonds is 12. The van der Waals surface area contributed by atoms with Gasteiger partial charge in [-0.3, -0.25) is 0 Å². The van der Waals surface area contributed by atoms with Crippen LogP contribution in [0, 0.1) is 29.2 Å². The first-order valence-corrected chi connectivity index (χ1v) is 32.4. The molecule has 0 aliphatic heterocycles. The quantitative estimate of drug-likeness (QED) is 0.113. The van der Waals surface area contributed by atoms with Crippen LogP contribution in [0.15, 0.2) is 328 Å². The average molecular weight is 1250 g/mol. The first-order valence-electron chi connectivity index (χ1n) is 32.4. The van der Waals surface area contributed by atoms with E-state index in [0.717, 1.165) is 138 Å². The van der Waals surface area contributed by atoms with E-state index >= 15 is 0 Å². The van der Waals surface area contributed by atoms with Crippen LogP contribution < -0.4 is 0 Å². The van der Waals surface area contributed by atoms with Crippen molar-refractivity contribution in [2.75, 3.05) is 0 Å². The molecule has 17 rings (SSSR count). The fraction of sp³-hybridized carbons (Fsp3) is 0. The number of hydrogen-bond acceptors (Lipinski definition) is 5. The third-order valence-corrected chi connectivity index (χ3v) is 18.7. The number of benzene rings is 14. The van der Waals surface area contributed by atoms with Crippen LogP contribution in [0.5, 0.6) is 0 Å². The van der Waals surface area contributed by atoms with E-state index in [0.29, 0.717) is 45.4 Å². The zero-order chi connectivity index (χ0) is 65.6. The van der Waals surface area contributed by atoms with E-state index in [2.05, 4.69) is 245 Å². The molecule has 14 aromatic carbocycles. The summed E-state index contributed by atoms with van der Waals surface area (Å²) in [5, 5.41) is 24.7. The fourth-order valence-electron chi connectivity index (χ4n) is 13.9. The van der Waals surface area contributed by atoms with E-state index < -0.39 is 0 Å². The smallest absolute Gasteiger partial charge is 0.187 e. The lowest BCUT2D eigenvalue weighted by Gasteiger charge is -2.18. The normalized spacial score (nSPS) is 11.2. The minimum atomic E-state index is 0.400. The van der Waals surface area contributed by atoms with Crippen molar-refractivity contribution in [2.45, 2.75) is 0 Å². The molecule has 0 atom stereocenters. The fourth-order valence-corrected chi connectivity index (χ4v) is 13.9. The Hall–Kier alpha value is -13.8. The molecule has 3 heterocycles. The monoisotopic (exact) mass is 1250 g/mol. The van der Waals surface area contributed by atoms with Crippen LogP contribution in [0.3, 0.4) is 0 Å². The molecule has 3 aromatic heterocycles. The third-order valence-electron chi connectivity index (χ3n) is 18.7. The third kappa shape index (κ3) is 10.6. The SMILES string of the molecule is [C-]#[N+]c1cccc(-c2ccc(-n3c4ccc(-c5ccccc5)cc4c4cc(-c5ccccc5)ccc43)cc2-c2nc(-c3cccc(-c4ccc(C#N)cc4)c3)nc(-c3cc(-n4c5ccc(-c6ccccc6)cc5c5cc(-c6ccccc6)ccc54)ccc3-c3cccc(C#N)c3)n2)c1. The van der Waals surface area contributed by atoms with Crippen LogP contribution in [0.25, 0.3) is 172 Å². The molecule has 8 heteroatoms. The zero-order valence-electron chi connectivity index (χ0n) is 52.8. The minimum Gasteiger partial charge on any atom is -0.309 e. The summed E-state index contributed by atoms with van der Waals surface area (Å²) in [6, 6.07) is 118. The highest BCUT2D eigenvalue weighted by Crippen LogP contribution is 2.44. The number of hydrogen-bond donors (Lipinski definition) is 0. The van der Waals surface area contributed by atoms with Crippen molar-refractivity contribution in [1.82, 2.24) is 24.1 Å². The van der Waals surface area contributed by atoms with Gasteiger partial charge in [-0.15, -0.1) is 0 Å². The van der Waals surface area contributed by atoms with Gasteiger partial charge in [-0.25, -0.2) is 19.8 Å². The maximum atomic E-state index is 10.5. The molecule has 0 fully saturated rings. The predicted molar refractivity (Wildman–Crippen MR) is 399 cm³/mol. The van der Waals surface area contributed by atoms with Crippen LogP contribution >= 0.6 is 0 Å². The first-order chi connectivity index (χ1) is 48.4. The second kappa shape index (κ2) is 24.6. The van der Waals surface area contributed by atoms with E-state index in [4.69, 9.17) is 21.5 Å². The van der Waals surface area contributed by atoms with E-state index in [-0.39, 0.29) is 0 Å². The van der Waals surface area contributed by atoms with E-state index in [1.54, 1.807) is 0 Å². The highest BCUT2D eigenvalue weighted by atomic mass is 15.0. The molecule has 0 saturated heterocycles. The molecular formula is C90H54N8. The van der Waals surface area contributed by atoms with Crippen molar-refractivity contribution in [3.8, 4) is 136 Å². The zero-order valence-corrected chi connectivity index (χ0v) is 52.8. The van der Waals surface area contributed by atoms with Gasteiger partial charge in [0.05, 0.1) is 51.9 Å². The highest BCUT2D eigenvalue weighted by Gasteiger charge is 2.24. The molecule has 0 aliphatic rings. The van der Waals surface area contributed by atoms with Crippen molar-refractivity contribution >= 4 is 49.3 Å². The van der Waals surface area contributed by atoms with Gasteiger partial charge in [-0.2, -0.15) is 10.5 Å². The van der Waals surface area contributed by atoms with Gasteiger partial charge in [0.1, 0.15) is 0 Å². The minimum absolute atomic E-state index is 0.400. The molecule has 0 saturated carbocycles. The Balaban J connectivity index is 0.937. The van der Waals surface area contributed by atoms with E-state index in [1.807, 2.05) is 109 Å². The summed E-state index contributed by atoms with van der Waals surface area (Å²) in [5.41, 5.74) is 23.7. The summed E-state index contributed by atoms with van der Waals surface area (Å²) in [6.45, 7) is 8.21. The predicted octanol–water partition coefficient (Wildman–Crippen LogP) is 23.0. The Morgan fingerprint density at radius 3 is 1.03 bits per heavy atom. The van der Waals surface area contributed by atoms with Gasteiger partial charge in [0.2, 0.25) is 0 Å². The molecule has 454 valence electrons. The molecule has 0 unspecified atom stereocenters. The second-order valence-electron chi connectivity index (χ2n) is 24.5. The molecule has 98 heavy (non-hydrogen) atoms. The summed E-state index contributed by atoms with van der Waals surface area (Å²) in [6.07, 6.45) is 0. The van der Waals surface area contributed by atoms with Gasteiger partial charge in [0.15, 0.2) is 23.2 Å². The van der Waals surface area contributed by atoms with Gasteiger partial charge in [0.25, 0.3) is 0 Å². The van der Waals surface area contributed by atoms with Crippen LogP contribution in [0.1, 0.15) is 11.1 Å². The van der Waals surface area contributed by atoms with Gasteiger partial charge in [-0.05, 0) is 187 Å². The summed E-state index contributed by atoms with van der Waals surface area (Å²) >= 11 is 0. The Morgan fingerprint density at radius 2 is 0.602 bits per heavy atom. The topological polar surface area (TPSA) is 100 Å². The van der Waals surface area contributed by atoms with Gasteiger partial charge in [-0.1, -0.05) is 218 Å². The maximum Gasteiger partial charge on any atom is 0.187 e. The molecule has 0 radical (unpaired) electrons. The van der Waals surface area contributed by atoms with Gasteiger partial charge < -0.3 is 9.13 Å². The Kier molecular flexibility index (Phi) is 14.5. The van der Waals surface area contributed by atoms with Crippen molar-refractivity contribution < 1.29 is 0 Å². The Labute approximate surface area is 566 Å². The van der Waals surface area contributed by atoms with Crippen molar-refractivity contribution in [3.05, 3.63) is 350 Å². The number of nitriles is 2. The molecule has 17 aromatic rings. The summed E-state index contributed by atoms with van der Waals surface area (Å²) in [5.74, 6) is 1.22. The van der Waals surface area contributed by atoms with E-state index in [1.165, 1.54) is 0 Å². The molecule has 0 N–H and O–H groups in total. The molecular weight excluding hydrogens is 1190 g/mol. The van der Waals surface area contributed by atoms with Crippen molar-refractivity contribution in [2.24, 2.45) is 0 Å². The van der Waals surface area contributed by atoms with E-state index in [9.17, 15) is 10.5 Å². The van der Waals surface area contributed by atoms with Crippen molar-refractivity contribution in [3.63, 3.8) is 0 Å². The maximum absolute atomic E-state index is 10.5. The lowest BCUT2D eigenvalue weighted by Crippen LogP contribution is -2.04. The Bertz CT molecular complexity index is 5610. The largest absolute Gasteiger partial charge is 0.309 e. The molecule has 8 nitrogen and oxygen atoms in total. The molecule has 0 bridgehead atoms. The highest BCUT2D eigenvalue weighted by molar-refractivity contribution is 6.13. The molecule has 0 amide bonds. The number of fused-ring (bicyclic) bond motifs is 6. The van der Waals surface area contributed by atoms with Crippen LogP contribution in [0.4, 0.5) is 5.69 Å². The van der Waals surface area contributed by atoms with Gasteiger partial charge in [0, 0.05) is 49.6 Å². The summed E-state index contributed by atoms with van der Waals surface area (Å²) < 4.78 is 4.67. The average Bonchev–Trinajstić information content (AvgIpc) is 1.56. The number of nitrogens with zero attached hydrogens (tertiary/aromatic N) is 8. The van der Waals surface area contributed by atoms with Crippen LogP contribution in [-0.2, 0) is 0 Å². The second-order valence-corrected chi connectivity index (χ2v) is 24.5. The summed E-state index contributed by atoms with van der Waals surface area (Å²) in [7, 11) is 0. The lowest BCUT2D eigenvalue weighted by molar-refractivity contribution is 1.07. The van der Waals surface area contributed by atoms with Gasteiger partial charge >= 0.3 is 0 Å². The van der Waals surface area contributed by atoms with Crippen molar-refractivity contribution in [1.29, 1.82) is 10.5 Å². The summed E-state index contributed by atoms with van der Waals surface area (Å²) in [4.78, 5) is 20.8. The molecule has 0 spiro atoms. The van der Waals surface area contributed by atoms with Crippen LogP contribution in [0.2, 0.25) is 0 Å².